The fourth-order valence-corrected chi connectivity index (χ4v) is 1.62. The molecule has 0 spiro atoms. The Bertz CT molecular complexity index is 493. The van der Waals surface area contributed by atoms with Gasteiger partial charge in [0.25, 0.3) is 0 Å². The van der Waals surface area contributed by atoms with Crippen LogP contribution in [0.15, 0.2) is 30.6 Å². The molecule has 5 nitrogen and oxygen atoms in total. The molecule has 0 aliphatic carbocycles. The third-order valence-electron chi connectivity index (χ3n) is 2.82. The van der Waals surface area contributed by atoms with Crippen molar-refractivity contribution in [3.63, 3.8) is 0 Å². The minimum Gasteiger partial charge on any atom is -0.486 e. The predicted octanol–water partition coefficient (Wildman–Crippen LogP) is 1.84. The highest BCUT2D eigenvalue weighted by atomic mass is 16.5. The van der Waals surface area contributed by atoms with Crippen molar-refractivity contribution in [2.45, 2.75) is 26.1 Å². The molecule has 0 saturated carbocycles. The molecule has 0 radical (unpaired) electrons. The van der Waals surface area contributed by atoms with E-state index in [9.17, 15) is 5.11 Å². The van der Waals surface area contributed by atoms with E-state index in [1.807, 2.05) is 38.2 Å². The predicted molar refractivity (Wildman–Crippen MR) is 67.0 cm³/mol. The van der Waals surface area contributed by atoms with Gasteiger partial charge in [-0.2, -0.15) is 5.10 Å². The summed E-state index contributed by atoms with van der Waals surface area (Å²) in [5.74, 6) is 1.53. The van der Waals surface area contributed by atoms with Crippen LogP contribution >= 0.6 is 0 Å². The second-order valence-electron chi connectivity index (χ2n) is 4.08. The van der Waals surface area contributed by atoms with Gasteiger partial charge in [0.15, 0.2) is 5.82 Å². The van der Waals surface area contributed by atoms with Gasteiger partial charge in [-0.05, 0) is 24.1 Å². The summed E-state index contributed by atoms with van der Waals surface area (Å²) < 4.78 is 7.27. The number of aliphatic hydroxyl groups excluding tert-OH is 1. The van der Waals surface area contributed by atoms with Gasteiger partial charge in [0.2, 0.25) is 0 Å². The van der Waals surface area contributed by atoms with Crippen LogP contribution in [-0.2, 0) is 13.7 Å². The average Bonchev–Trinajstić information content (AvgIpc) is 2.81. The number of rotatable bonds is 5. The maximum atomic E-state index is 9.67. The Labute approximate surface area is 106 Å². The molecule has 0 aliphatic heterocycles. The van der Waals surface area contributed by atoms with Crippen molar-refractivity contribution < 1.29 is 9.84 Å². The van der Waals surface area contributed by atoms with Gasteiger partial charge in [-0.1, -0.05) is 19.1 Å². The highest BCUT2D eigenvalue weighted by Gasteiger charge is 2.05. The van der Waals surface area contributed by atoms with Gasteiger partial charge in [0.1, 0.15) is 18.7 Å². The van der Waals surface area contributed by atoms with E-state index in [0.717, 1.165) is 17.1 Å². The highest BCUT2D eigenvalue weighted by Crippen LogP contribution is 2.20. The number of aliphatic hydroxyl groups is 1. The number of nitrogens with zero attached hydrogens (tertiary/aromatic N) is 3. The van der Waals surface area contributed by atoms with Gasteiger partial charge in [-0.3, -0.25) is 4.68 Å². The molecule has 0 amide bonds. The maximum Gasteiger partial charge on any atom is 0.164 e. The van der Waals surface area contributed by atoms with Crippen LogP contribution in [0.2, 0.25) is 0 Å². The largest absolute Gasteiger partial charge is 0.486 e. The van der Waals surface area contributed by atoms with Crippen molar-refractivity contribution in [2.24, 2.45) is 7.05 Å². The summed E-state index contributed by atoms with van der Waals surface area (Å²) in [7, 11) is 1.83. The first-order chi connectivity index (χ1) is 8.70. The smallest absolute Gasteiger partial charge is 0.164 e. The van der Waals surface area contributed by atoms with Crippen LogP contribution in [0.4, 0.5) is 0 Å². The molecule has 5 heteroatoms. The first-order valence-electron chi connectivity index (χ1n) is 5.94. The maximum absolute atomic E-state index is 9.67. The molecule has 1 N–H and O–H groups in total. The van der Waals surface area contributed by atoms with Crippen molar-refractivity contribution in [1.29, 1.82) is 0 Å². The molecule has 0 bridgehead atoms. The van der Waals surface area contributed by atoms with Gasteiger partial charge in [-0.25, -0.2) is 4.98 Å². The Balaban J connectivity index is 1.96. The molecule has 0 fully saturated rings. The summed E-state index contributed by atoms with van der Waals surface area (Å²) in [6.07, 6.45) is 1.80. The van der Waals surface area contributed by atoms with E-state index in [2.05, 4.69) is 10.1 Å². The quantitative estimate of drug-likeness (QED) is 0.875. The molecule has 1 aromatic carbocycles. The van der Waals surface area contributed by atoms with Gasteiger partial charge >= 0.3 is 0 Å². The summed E-state index contributed by atoms with van der Waals surface area (Å²) in [6.45, 7) is 2.33. The summed E-state index contributed by atoms with van der Waals surface area (Å²) in [5.41, 5.74) is 0.906. The van der Waals surface area contributed by atoms with Gasteiger partial charge in [0, 0.05) is 7.05 Å². The summed E-state index contributed by atoms with van der Waals surface area (Å²) in [4.78, 5) is 4.08. The van der Waals surface area contributed by atoms with E-state index in [4.69, 9.17) is 4.74 Å². The molecule has 18 heavy (non-hydrogen) atoms. The summed E-state index contributed by atoms with van der Waals surface area (Å²) >= 11 is 0. The molecule has 1 heterocycles. The number of aryl methyl sites for hydroxylation is 1. The fourth-order valence-electron chi connectivity index (χ4n) is 1.62. The van der Waals surface area contributed by atoms with Gasteiger partial charge in [-0.15, -0.1) is 0 Å². The molecule has 2 aromatic rings. The normalized spacial score (nSPS) is 12.4. The monoisotopic (exact) mass is 247 g/mol. The van der Waals surface area contributed by atoms with Gasteiger partial charge in [0.05, 0.1) is 6.10 Å². The number of hydrogen-bond acceptors (Lipinski definition) is 4. The van der Waals surface area contributed by atoms with Crippen LogP contribution in [0.5, 0.6) is 5.75 Å². The van der Waals surface area contributed by atoms with Crippen molar-refractivity contribution >= 4 is 0 Å². The first kappa shape index (κ1) is 12.6. The third-order valence-corrected chi connectivity index (χ3v) is 2.82. The van der Waals surface area contributed by atoms with E-state index in [1.54, 1.807) is 4.68 Å². The van der Waals surface area contributed by atoms with Crippen LogP contribution in [0.1, 0.15) is 30.8 Å². The van der Waals surface area contributed by atoms with Crippen molar-refractivity contribution in [3.05, 3.63) is 42.0 Å². The Kier molecular flexibility index (Phi) is 3.94. The minimum absolute atomic E-state index is 0.381. The van der Waals surface area contributed by atoms with Crippen molar-refractivity contribution in [3.8, 4) is 5.75 Å². The lowest BCUT2D eigenvalue weighted by Crippen LogP contribution is -2.04. The lowest BCUT2D eigenvalue weighted by molar-refractivity contribution is 0.173. The SMILES string of the molecule is CCC(O)c1ccc(OCc2ncnn2C)cc1. The molecule has 0 saturated heterocycles. The Hall–Kier alpha value is -1.88. The number of benzene rings is 1. The van der Waals surface area contributed by atoms with E-state index < -0.39 is 6.10 Å². The Morgan fingerprint density at radius 2 is 2.06 bits per heavy atom. The highest BCUT2D eigenvalue weighted by molar-refractivity contribution is 5.28. The molecule has 0 aliphatic rings. The summed E-state index contributed by atoms with van der Waals surface area (Å²) in [6, 6.07) is 7.45. The molecule has 1 aromatic heterocycles. The zero-order valence-corrected chi connectivity index (χ0v) is 10.6. The zero-order chi connectivity index (χ0) is 13.0. The van der Waals surface area contributed by atoms with Crippen LogP contribution in [0.25, 0.3) is 0 Å². The van der Waals surface area contributed by atoms with Crippen LogP contribution < -0.4 is 4.74 Å². The molecule has 1 unspecified atom stereocenters. The topological polar surface area (TPSA) is 60.2 Å². The average molecular weight is 247 g/mol. The minimum atomic E-state index is -0.405. The lowest BCUT2D eigenvalue weighted by Gasteiger charge is -2.09. The van der Waals surface area contributed by atoms with E-state index >= 15 is 0 Å². The van der Waals surface area contributed by atoms with E-state index in [-0.39, 0.29) is 0 Å². The molecular formula is C13H17N3O2. The zero-order valence-electron chi connectivity index (χ0n) is 10.6. The van der Waals surface area contributed by atoms with Crippen LogP contribution in [0.3, 0.4) is 0 Å². The van der Waals surface area contributed by atoms with E-state index in [0.29, 0.717) is 13.0 Å². The lowest BCUT2D eigenvalue weighted by atomic mass is 10.1. The van der Waals surface area contributed by atoms with Gasteiger partial charge < -0.3 is 9.84 Å². The summed E-state index contributed by atoms with van der Waals surface area (Å²) in [5, 5.41) is 13.6. The number of aromatic nitrogens is 3. The second kappa shape index (κ2) is 5.64. The van der Waals surface area contributed by atoms with Crippen molar-refractivity contribution in [1.82, 2.24) is 14.8 Å². The van der Waals surface area contributed by atoms with Crippen LogP contribution in [-0.4, -0.2) is 19.9 Å². The fraction of sp³-hybridized carbons (Fsp3) is 0.385. The van der Waals surface area contributed by atoms with Crippen LogP contribution in [0, 0.1) is 0 Å². The molecule has 2 rings (SSSR count). The molecule has 96 valence electrons. The van der Waals surface area contributed by atoms with Crippen molar-refractivity contribution in [2.75, 3.05) is 0 Å². The second-order valence-corrected chi connectivity index (χ2v) is 4.08. The molecular weight excluding hydrogens is 230 g/mol. The standard InChI is InChI=1S/C13H17N3O2/c1-3-12(17)10-4-6-11(7-5-10)18-8-13-14-9-15-16(13)2/h4-7,9,12,17H,3,8H2,1-2H3. The number of hydrogen-bond donors (Lipinski definition) is 1. The van der Waals surface area contributed by atoms with E-state index in [1.165, 1.54) is 6.33 Å². The first-order valence-corrected chi connectivity index (χ1v) is 5.94. The number of ether oxygens (including phenoxy) is 1. The Morgan fingerprint density at radius 1 is 1.33 bits per heavy atom. The Morgan fingerprint density at radius 3 is 2.61 bits per heavy atom. The molecule has 1 atom stereocenters. The third kappa shape index (κ3) is 2.87.